The molecule has 2 heterocycles. The molecule has 0 saturated carbocycles. The summed E-state index contributed by atoms with van der Waals surface area (Å²) in [7, 11) is -3.31. The van der Waals surface area contributed by atoms with Gasteiger partial charge in [-0.25, -0.2) is 21.9 Å². The topological polar surface area (TPSA) is 77.5 Å². The highest BCUT2D eigenvalue weighted by Crippen LogP contribution is 2.24. The highest BCUT2D eigenvalue weighted by Gasteiger charge is 2.29. The van der Waals surface area contributed by atoms with Gasteiger partial charge in [0.1, 0.15) is 17.3 Å². The third-order valence-electron chi connectivity index (χ3n) is 4.58. The average molecular weight is 412 g/mol. The SMILES string of the molecule is CCS(=O)(=O)NC1CCOCC1COc1ccc(-c2ncc(F)cc2F)cc1. The maximum absolute atomic E-state index is 13.8. The monoisotopic (exact) mass is 412 g/mol. The molecule has 1 aliphatic rings. The summed E-state index contributed by atoms with van der Waals surface area (Å²) in [5.74, 6) is -1.02. The van der Waals surface area contributed by atoms with Gasteiger partial charge in [-0.1, -0.05) is 0 Å². The fraction of sp³-hybridized carbons (Fsp3) is 0.421. The van der Waals surface area contributed by atoms with Crippen molar-refractivity contribution >= 4 is 10.0 Å². The minimum absolute atomic E-state index is 0.0212. The molecule has 0 aliphatic carbocycles. The van der Waals surface area contributed by atoms with Gasteiger partial charge in [0.25, 0.3) is 0 Å². The van der Waals surface area contributed by atoms with E-state index in [9.17, 15) is 17.2 Å². The quantitative estimate of drug-likeness (QED) is 0.757. The molecule has 0 radical (unpaired) electrons. The summed E-state index contributed by atoms with van der Waals surface area (Å²) in [6, 6.07) is 7.13. The molecule has 6 nitrogen and oxygen atoms in total. The van der Waals surface area contributed by atoms with Gasteiger partial charge in [0, 0.05) is 30.2 Å². The summed E-state index contributed by atoms with van der Waals surface area (Å²) >= 11 is 0. The van der Waals surface area contributed by atoms with Crippen LogP contribution in [0, 0.1) is 17.6 Å². The Kier molecular flexibility index (Phi) is 6.58. The molecule has 1 aromatic heterocycles. The Balaban J connectivity index is 1.63. The summed E-state index contributed by atoms with van der Waals surface area (Å²) in [4.78, 5) is 3.78. The molecular weight excluding hydrogens is 390 g/mol. The van der Waals surface area contributed by atoms with Crippen molar-refractivity contribution < 1.29 is 26.7 Å². The maximum Gasteiger partial charge on any atom is 0.211 e. The Bertz CT molecular complexity index is 907. The van der Waals surface area contributed by atoms with Crippen molar-refractivity contribution in [3.8, 4) is 17.0 Å². The molecule has 9 heteroatoms. The smallest absolute Gasteiger partial charge is 0.211 e. The number of pyridine rings is 1. The number of nitrogens with one attached hydrogen (secondary N) is 1. The molecule has 0 spiro atoms. The first-order chi connectivity index (χ1) is 13.4. The van der Waals surface area contributed by atoms with Crippen molar-refractivity contribution in [1.29, 1.82) is 0 Å². The lowest BCUT2D eigenvalue weighted by molar-refractivity contribution is 0.0186. The standard InChI is InChI=1S/C19H22F2N2O4S/c1-2-28(24,25)23-18-7-8-26-11-14(18)12-27-16-5-3-13(4-6-16)19-17(21)9-15(20)10-22-19/h3-6,9-10,14,18,23H,2,7-8,11-12H2,1H3. The molecule has 3 rings (SSSR count). The van der Waals surface area contributed by atoms with Crippen LogP contribution in [0.4, 0.5) is 8.78 Å². The number of nitrogens with zero attached hydrogens (tertiary/aromatic N) is 1. The zero-order chi connectivity index (χ0) is 20.1. The van der Waals surface area contributed by atoms with Gasteiger partial charge in [-0.2, -0.15) is 0 Å². The van der Waals surface area contributed by atoms with Gasteiger partial charge in [-0.05, 0) is 37.6 Å². The zero-order valence-electron chi connectivity index (χ0n) is 15.4. The summed E-state index contributed by atoms with van der Waals surface area (Å²) < 4.78 is 64.5. The summed E-state index contributed by atoms with van der Waals surface area (Å²) in [5.41, 5.74) is 0.557. The van der Waals surface area contributed by atoms with Gasteiger partial charge >= 0.3 is 0 Å². The molecular formula is C19H22F2N2O4S. The van der Waals surface area contributed by atoms with Gasteiger partial charge < -0.3 is 9.47 Å². The van der Waals surface area contributed by atoms with Crippen molar-refractivity contribution in [1.82, 2.24) is 9.71 Å². The third-order valence-corrected chi connectivity index (χ3v) is 6.01. The number of rotatable bonds is 7. The second kappa shape index (κ2) is 8.93. The highest BCUT2D eigenvalue weighted by molar-refractivity contribution is 7.89. The average Bonchev–Trinajstić information content (AvgIpc) is 2.68. The molecule has 1 fully saturated rings. The van der Waals surface area contributed by atoms with Crippen LogP contribution >= 0.6 is 0 Å². The number of aromatic nitrogens is 1. The van der Waals surface area contributed by atoms with E-state index in [-0.39, 0.29) is 30.0 Å². The van der Waals surface area contributed by atoms with Crippen LogP contribution in [0.1, 0.15) is 13.3 Å². The predicted molar refractivity (Wildman–Crippen MR) is 100 cm³/mol. The van der Waals surface area contributed by atoms with Crippen LogP contribution in [0.5, 0.6) is 5.75 Å². The molecule has 1 aliphatic heterocycles. The Labute approximate surface area is 162 Å². The number of sulfonamides is 1. The Morgan fingerprint density at radius 1 is 1.29 bits per heavy atom. The molecule has 2 unspecified atom stereocenters. The second-order valence-corrected chi connectivity index (χ2v) is 8.61. The van der Waals surface area contributed by atoms with E-state index in [4.69, 9.17) is 9.47 Å². The van der Waals surface area contributed by atoms with Gasteiger partial charge in [0.15, 0.2) is 5.82 Å². The summed E-state index contributed by atoms with van der Waals surface area (Å²) in [5, 5.41) is 0. The molecule has 0 bridgehead atoms. The number of benzene rings is 1. The molecule has 1 N–H and O–H groups in total. The first-order valence-electron chi connectivity index (χ1n) is 9.00. The first-order valence-corrected chi connectivity index (χ1v) is 10.6. The van der Waals surface area contributed by atoms with Crippen LogP contribution in [-0.2, 0) is 14.8 Å². The van der Waals surface area contributed by atoms with E-state index in [0.29, 0.717) is 30.9 Å². The van der Waals surface area contributed by atoms with Gasteiger partial charge in [0.05, 0.1) is 25.2 Å². The van der Waals surface area contributed by atoms with Crippen LogP contribution < -0.4 is 9.46 Å². The molecule has 2 aromatic rings. The van der Waals surface area contributed by atoms with Crippen LogP contribution in [0.2, 0.25) is 0 Å². The van der Waals surface area contributed by atoms with E-state index in [1.165, 1.54) is 0 Å². The van der Waals surface area contributed by atoms with E-state index in [1.54, 1.807) is 31.2 Å². The maximum atomic E-state index is 13.8. The normalized spacial score (nSPS) is 20.1. The van der Waals surface area contributed by atoms with Crippen molar-refractivity contribution in [2.45, 2.75) is 19.4 Å². The van der Waals surface area contributed by atoms with E-state index in [2.05, 4.69) is 9.71 Å². The number of hydrogen-bond donors (Lipinski definition) is 1. The molecule has 1 saturated heterocycles. The third kappa shape index (κ3) is 5.24. The molecule has 2 atom stereocenters. The number of hydrogen-bond acceptors (Lipinski definition) is 5. The fourth-order valence-electron chi connectivity index (χ4n) is 2.97. The first kappa shape index (κ1) is 20.6. The van der Waals surface area contributed by atoms with Crippen molar-refractivity contribution in [3.63, 3.8) is 0 Å². The fourth-order valence-corrected chi connectivity index (χ4v) is 3.91. The van der Waals surface area contributed by atoms with Crippen molar-refractivity contribution in [3.05, 3.63) is 48.2 Å². The van der Waals surface area contributed by atoms with Crippen LogP contribution in [-0.4, -0.2) is 45.0 Å². The minimum Gasteiger partial charge on any atom is -0.493 e. The second-order valence-electron chi connectivity index (χ2n) is 6.57. The Hall–Kier alpha value is -2.10. The molecule has 0 amide bonds. The largest absolute Gasteiger partial charge is 0.493 e. The van der Waals surface area contributed by atoms with E-state index in [1.807, 2.05) is 0 Å². The Morgan fingerprint density at radius 2 is 2.04 bits per heavy atom. The van der Waals surface area contributed by atoms with E-state index >= 15 is 0 Å². The van der Waals surface area contributed by atoms with Gasteiger partial charge in [-0.3, -0.25) is 4.98 Å². The Morgan fingerprint density at radius 3 is 2.71 bits per heavy atom. The number of ether oxygens (including phenoxy) is 2. The van der Waals surface area contributed by atoms with Crippen LogP contribution in [0.25, 0.3) is 11.3 Å². The molecule has 28 heavy (non-hydrogen) atoms. The predicted octanol–water partition coefficient (Wildman–Crippen LogP) is 2.75. The lowest BCUT2D eigenvalue weighted by Gasteiger charge is -2.31. The van der Waals surface area contributed by atoms with Crippen molar-refractivity contribution in [2.75, 3.05) is 25.6 Å². The lowest BCUT2D eigenvalue weighted by Crippen LogP contribution is -2.47. The highest BCUT2D eigenvalue weighted by atomic mass is 32.2. The van der Waals surface area contributed by atoms with Gasteiger partial charge in [0.2, 0.25) is 10.0 Å². The summed E-state index contributed by atoms with van der Waals surface area (Å²) in [6.45, 7) is 2.77. The molecule has 1 aromatic carbocycles. The number of halogens is 2. The zero-order valence-corrected chi connectivity index (χ0v) is 16.2. The van der Waals surface area contributed by atoms with Crippen LogP contribution in [0.3, 0.4) is 0 Å². The van der Waals surface area contributed by atoms with Crippen molar-refractivity contribution in [2.24, 2.45) is 5.92 Å². The van der Waals surface area contributed by atoms with E-state index in [0.717, 1.165) is 12.3 Å². The minimum atomic E-state index is -3.31. The summed E-state index contributed by atoms with van der Waals surface area (Å²) in [6.07, 6.45) is 1.55. The van der Waals surface area contributed by atoms with Crippen LogP contribution in [0.15, 0.2) is 36.5 Å². The lowest BCUT2D eigenvalue weighted by atomic mass is 9.98. The van der Waals surface area contributed by atoms with E-state index < -0.39 is 21.7 Å². The van der Waals surface area contributed by atoms with Gasteiger partial charge in [-0.15, -0.1) is 0 Å². The molecule has 152 valence electrons.